The van der Waals surface area contributed by atoms with E-state index in [1.165, 1.54) is 12.1 Å². The highest BCUT2D eigenvalue weighted by molar-refractivity contribution is 9.10. The number of hydrogen-bond acceptors (Lipinski definition) is 4. The molecule has 1 aliphatic rings. The molecule has 1 unspecified atom stereocenters. The van der Waals surface area contributed by atoms with E-state index in [1.807, 2.05) is 7.05 Å². The smallest absolute Gasteiger partial charge is 0.270 e. The van der Waals surface area contributed by atoms with E-state index in [9.17, 15) is 14.9 Å². The second-order valence-corrected chi connectivity index (χ2v) is 5.86. The van der Waals surface area contributed by atoms with Gasteiger partial charge in [0.1, 0.15) is 0 Å². The molecule has 0 radical (unpaired) electrons. The van der Waals surface area contributed by atoms with Crippen molar-refractivity contribution < 1.29 is 9.72 Å². The monoisotopic (exact) mass is 341 g/mol. The molecule has 0 bridgehead atoms. The number of amides is 1. The number of nitro benzene ring substituents is 1. The van der Waals surface area contributed by atoms with Gasteiger partial charge in [0.15, 0.2) is 0 Å². The number of likely N-dealkylation sites (N-methyl/N-ethyl adjacent to an activating group) is 1. The molecular formula is C13H16BrN3O3. The summed E-state index contributed by atoms with van der Waals surface area (Å²) in [6.45, 7) is 4.13. The van der Waals surface area contributed by atoms with Gasteiger partial charge in [-0.3, -0.25) is 14.9 Å². The van der Waals surface area contributed by atoms with Crippen molar-refractivity contribution in [3.63, 3.8) is 0 Å². The number of nitro groups is 1. The zero-order valence-corrected chi connectivity index (χ0v) is 13.0. The Kier molecular flexibility index (Phi) is 4.39. The average molecular weight is 342 g/mol. The van der Waals surface area contributed by atoms with Crippen LogP contribution >= 0.6 is 15.9 Å². The zero-order chi connectivity index (χ0) is 14.9. The second kappa shape index (κ2) is 5.88. The molecule has 0 saturated carbocycles. The number of piperazine rings is 1. The van der Waals surface area contributed by atoms with Crippen LogP contribution in [0, 0.1) is 10.1 Å². The van der Waals surface area contributed by atoms with Gasteiger partial charge < -0.3 is 9.80 Å². The lowest BCUT2D eigenvalue weighted by Crippen LogP contribution is -2.52. The summed E-state index contributed by atoms with van der Waals surface area (Å²) in [6.07, 6.45) is 0. The molecular weight excluding hydrogens is 326 g/mol. The number of halogens is 1. The van der Waals surface area contributed by atoms with Gasteiger partial charge in [0.05, 0.1) is 10.5 Å². The first kappa shape index (κ1) is 14.9. The van der Waals surface area contributed by atoms with Crippen LogP contribution in [0.2, 0.25) is 0 Å². The van der Waals surface area contributed by atoms with Crippen molar-refractivity contribution in [2.24, 2.45) is 0 Å². The molecule has 0 N–H and O–H groups in total. The third-order valence-corrected chi connectivity index (χ3v) is 4.33. The van der Waals surface area contributed by atoms with E-state index in [4.69, 9.17) is 0 Å². The van der Waals surface area contributed by atoms with Crippen LogP contribution in [0.4, 0.5) is 5.69 Å². The first-order valence-electron chi connectivity index (χ1n) is 6.33. The van der Waals surface area contributed by atoms with Crippen molar-refractivity contribution in [1.82, 2.24) is 9.80 Å². The van der Waals surface area contributed by atoms with Gasteiger partial charge in [-0.1, -0.05) is 0 Å². The van der Waals surface area contributed by atoms with Gasteiger partial charge in [-0.05, 0) is 36.0 Å². The highest BCUT2D eigenvalue weighted by atomic mass is 79.9. The van der Waals surface area contributed by atoms with Crippen molar-refractivity contribution in [2.75, 3.05) is 26.7 Å². The van der Waals surface area contributed by atoms with Crippen molar-refractivity contribution in [3.8, 4) is 0 Å². The lowest BCUT2D eigenvalue weighted by Gasteiger charge is -2.37. The number of hydrogen-bond donors (Lipinski definition) is 0. The minimum atomic E-state index is -0.490. The van der Waals surface area contributed by atoms with E-state index in [0.717, 1.165) is 6.54 Å². The lowest BCUT2D eigenvalue weighted by molar-refractivity contribution is -0.384. The van der Waals surface area contributed by atoms with E-state index in [0.29, 0.717) is 23.1 Å². The number of non-ortho nitro benzene ring substituents is 1. The summed E-state index contributed by atoms with van der Waals surface area (Å²) in [5, 5.41) is 10.8. The molecule has 20 heavy (non-hydrogen) atoms. The second-order valence-electron chi connectivity index (χ2n) is 5.00. The molecule has 0 aliphatic carbocycles. The van der Waals surface area contributed by atoms with Crippen LogP contribution in [-0.4, -0.2) is 53.4 Å². The molecule has 1 fully saturated rings. The maximum absolute atomic E-state index is 12.5. The number of carbonyl (C=O) groups is 1. The topological polar surface area (TPSA) is 66.7 Å². The molecule has 1 atom stereocenters. The first-order chi connectivity index (χ1) is 9.40. The Morgan fingerprint density at radius 1 is 1.45 bits per heavy atom. The fraction of sp³-hybridized carbons (Fsp3) is 0.462. The molecule has 1 saturated heterocycles. The summed E-state index contributed by atoms with van der Waals surface area (Å²) in [7, 11) is 2.02. The van der Waals surface area contributed by atoms with Crippen molar-refractivity contribution in [2.45, 2.75) is 13.0 Å². The predicted molar refractivity (Wildman–Crippen MR) is 78.8 cm³/mol. The quantitative estimate of drug-likeness (QED) is 0.610. The van der Waals surface area contributed by atoms with Crippen LogP contribution in [0.1, 0.15) is 17.3 Å². The fourth-order valence-electron chi connectivity index (χ4n) is 2.19. The molecule has 7 heteroatoms. The molecule has 1 heterocycles. The molecule has 1 amide bonds. The highest BCUT2D eigenvalue weighted by Crippen LogP contribution is 2.24. The van der Waals surface area contributed by atoms with E-state index in [1.54, 1.807) is 11.0 Å². The number of nitrogens with zero attached hydrogens (tertiary/aromatic N) is 3. The molecule has 1 aliphatic heterocycles. The minimum Gasteiger partial charge on any atom is -0.336 e. The first-order valence-corrected chi connectivity index (χ1v) is 7.13. The van der Waals surface area contributed by atoms with Gasteiger partial charge in [0.2, 0.25) is 0 Å². The Labute approximate surface area is 125 Å². The van der Waals surface area contributed by atoms with Gasteiger partial charge in [-0.15, -0.1) is 0 Å². The maximum Gasteiger partial charge on any atom is 0.270 e. The third-order valence-electron chi connectivity index (χ3n) is 3.64. The Morgan fingerprint density at radius 2 is 2.15 bits per heavy atom. The van der Waals surface area contributed by atoms with Crippen LogP contribution in [0.5, 0.6) is 0 Å². The van der Waals surface area contributed by atoms with Crippen LogP contribution in [0.25, 0.3) is 0 Å². The SMILES string of the molecule is CC1CN(C(=O)c2cc([N+](=O)[O-])ccc2Br)CCN1C. The van der Waals surface area contributed by atoms with Crippen LogP contribution in [0.15, 0.2) is 22.7 Å². The summed E-state index contributed by atoms with van der Waals surface area (Å²) in [4.78, 5) is 26.8. The maximum atomic E-state index is 12.5. The predicted octanol–water partition coefficient (Wildman–Crippen LogP) is 2.13. The lowest BCUT2D eigenvalue weighted by atomic mass is 10.1. The number of carbonyl (C=O) groups excluding carboxylic acids is 1. The Morgan fingerprint density at radius 3 is 2.75 bits per heavy atom. The number of rotatable bonds is 2. The minimum absolute atomic E-state index is 0.0706. The Hall–Kier alpha value is -1.47. The molecule has 108 valence electrons. The summed E-state index contributed by atoms with van der Waals surface area (Å²) >= 11 is 3.29. The van der Waals surface area contributed by atoms with Crippen LogP contribution in [0.3, 0.4) is 0 Å². The highest BCUT2D eigenvalue weighted by Gasteiger charge is 2.27. The standard InChI is InChI=1S/C13H16BrN3O3/c1-9-8-16(6-5-15(9)2)13(18)11-7-10(17(19)20)3-4-12(11)14/h3-4,7,9H,5-6,8H2,1-2H3. The summed E-state index contributed by atoms with van der Waals surface area (Å²) in [6, 6.07) is 4.54. The van der Waals surface area contributed by atoms with Gasteiger partial charge in [-0.2, -0.15) is 0 Å². The van der Waals surface area contributed by atoms with Gasteiger partial charge in [0, 0.05) is 42.3 Å². The molecule has 1 aromatic carbocycles. The molecule has 2 rings (SSSR count). The van der Waals surface area contributed by atoms with Crippen LogP contribution < -0.4 is 0 Å². The fourth-order valence-corrected chi connectivity index (χ4v) is 2.61. The normalized spacial score (nSPS) is 19.9. The zero-order valence-electron chi connectivity index (χ0n) is 11.4. The Bertz CT molecular complexity index is 550. The van der Waals surface area contributed by atoms with E-state index >= 15 is 0 Å². The van der Waals surface area contributed by atoms with Gasteiger partial charge in [0.25, 0.3) is 11.6 Å². The molecule has 0 spiro atoms. The van der Waals surface area contributed by atoms with E-state index in [-0.39, 0.29) is 17.6 Å². The van der Waals surface area contributed by atoms with E-state index in [2.05, 4.69) is 27.8 Å². The average Bonchev–Trinajstić information content (AvgIpc) is 2.41. The molecule has 1 aromatic rings. The van der Waals surface area contributed by atoms with Gasteiger partial charge >= 0.3 is 0 Å². The summed E-state index contributed by atoms with van der Waals surface area (Å²) in [5.41, 5.74) is 0.273. The Balaban J connectivity index is 2.25. The van der Waals surface area contributed by atoms with Crippen molar-refractivity contribution >= 4 is 27.5 Å². The largest absolute Gasteiger partial charge is 0.336 e. The van der Waals surface area contributed by atoms with Crippen molar-refractivity contribution in [3.05, 3.63) is 38.3 Å². The van der Waals surface area contributed by atoms with E-state index < -0.39 is 4.92 Å². The van der Waals surface area contributed by atoms with Crippen LogP contribution in [-0.2, 0) is 0 Å². The summed E-state index contributed by atoms with van der Waals surface area (Å²) in [5.74, 6) is -0.166. The van der Waals surface area contributed by atoms with Gasteiger partial charge in [-0.25, -0.2) is 0 Å². The summed E-state index contributed by atoms with van der Waals surface area (Å²) < 4.78 is 0.583. The molecule has 6 nitrogen and oxygen atoms in total. The van der Waals surface area contributed by atoms with Crippen molar-refractivity contribution in [1.29, 1.82) is 0 Å². The molecule has 0 aromatic heterocycles. The number of benzene rings is 1. The third kappa shape index (κ3) is 2.99.